The highest BCUT2D eigenvalue weighted by molar-refractivity contribution is 6.29. The third kappa shape index (κ3) is 4.49. The van der Waals surface area contributed by atoms with Crippen molar-refractivity contribution in [2.24, 2.45) is 0 Å². The molecule has 6 nitrogen and oxygen atoms in total. The third-order valence-electron chi connectivity index (χ3n) is 4.61. The van der Waals surface area contributed by atoms with Gasteiger partial charge in [0.05, 0.1) is 11.6 Å². The van der Waals surface area contributed by atoms with Crippen molar-refractivity contribution >= 4 is 28.5 Å². The average molecular weight is 497 g/mol. The van der Waals surface area contributed by atoms with E-state index in [1.165, 1.54) is 5.32 Å². The Morgan fingerprint density at radius 3 is 2.45 bits per heavy atom. The maximum atomic E-state index is 14.4. The first-order valence-electron chi connectivity index (χ1n) is 9.06. The molecule has 0 spiro atoms. The number of nitrogens with one attached hydrogen (secondary N) is 1. The molecule has 0 saturated carbocycles. The van der Waals surface area contributed by atoms with Gasteiger partial charge in [-0.05, 0) is 18.6 Å². The summed E-state index contributed by atoms with van der Waals surface area (Å²) in [5.41, 5.74) is -2.33. The SMILES string of the molecule is CCC(NC(=O)c1cn(-c2ncc(F)cc2F)c2nc(Cl)ccc2c1=O)C(F)(F)C(F)(F)F. The number of alkyl halides is 5. The van der Waals surface area contributed by atoms with Crippen molar-refractivity contribution in [3.63, 3.8) is 0 Å². The van der Waals surface area contributed by atoms with E-state index in [-0.39, 0.29) is 16.2 Å². The van der Waals surface area contributed by atoms with Crippen LogP contribution in [0.25, 0.3) is 16.9 Å². The number of hydrogen-bond donors (Lipinski definition) is 1. The van der Waals surface area contributed by atoms with Crippen LogP contribution in [0.2, 0.25) is 5.15 Å². The first-order valence-corrected chi connectivity index (χ1v) is 9.44. The molecule has 176 valence electrons. The number of carbonyl (C=O) groups is 1. The summed E-state index contributed by atoms with van der Waals surface area (Å²) in [6, 6.07) is -0.0347. The summed E-state index contributed by atoms with van der Waals surface area (Å²) in [6.07, 6.45) is -5.54. The predicted octanol–water partition coefficient (Wildman–Crippen LogP) is 4.42. The van der Waals surface area contributed by atoms with Crippen molar-refractivity contribution in [2.45, 2.75) is 31.5 Å². The number of halogens is 8. The number of nitrogens with zero attached hydrogens (tertiary/aromatic N) is 3. The molecule has 3 heterocycles. The molecule has 0 aliphatic rings. The first kappa shape index (κ1) is 24.4. The molecule has 0 aromatic carbocycles. The zero-order chi connectivity index (χ0) is 24.7. The zero-order valence-electron chi connectivity index (χ0n) is 16.4. The maximum Gasteiger partial charge on any atom is 0.455 e. The van der Waals surface area contributed by atoms with Crippen molar-refractivity contribution in [3.05, 3.63) is 63.2 Å². The van der Waals surface area contributed by atoms with Gasteiger partial charge in [-0.1, -0.05) is 18.5 Å². The van der Waals surface area contributed by atoms with Crippen molar-refractivity contribution in [2.75, 3.05) is 0 Å². The molecule has 1 atom stereocenters. The van der Waals surface area contributed by atoms with Gasteiger partial charge in [-0.25, -0.2) is 18.7 Å². The topological polar surface area (TPSA) is 76.9 Å². The summed E-state index contributed by atoms with van der Waals surface area (Å²) in [5, 5.41) is 0.992. The summed E-state index contributed by atoms with van der Waals surface area (Å²) in [4.78, 5) is 32.8. The predicted molar refractivity (Wildman–Crippen MR) is 103 cm³/mol. The lowest BCUT2D eigenvalue weighted by Gasteiger charge is -2.28. The van der Waals surface area contributed by atoms with Crippen LogP contribution in [0.4, 0.5) is 30.7 Å². The smallest absolute Gasteiger partial charge is 0.343 e. The molecule has 1 unspecified atom stereocenters. The van der Waals surface area contributed by atoms with E-state index < -0.39 is 58.9 Å². The fraction of sp³-hybridized carbons (Fsp3) is 0.263. The molecule has 0 saturated heterocycles. The van der Waals surface area contributed by atoms with Crippen molar-refractivity contribution < 1.29 is 35.5 Å². The van der Waals surface area contributed by atoms with Crippen LogP contribution < -0.4 is 10.7 Å². The Balaban J connectivity index is 2.20. The van der Waals surface area contributed by atoms with Gasteiger partial charge in [0.15, 0.2) is 17.3 Å². The van der Waals surface area contributed by atoms with Crippen LogP contribution >= 0.6 is 11.6 Å². The average Bonchev–Trinajstić information content (AvgIpc) is 2.71. The van der Waals surface area contributed by atoms with Gasteiger partial charge >= 0.3 is 12.1 Å². The molecule has 3 aromatic rings. The Bertz CT molecular complexity index is 1290. The van der Waals surface area contributed by atoms with E-state index in [2.05, 4.69) is 9.97 Å². The Hall–Kier alpha value is -3.22. The quantitative estimate of drug-likeness (QED) is 0.419. The number of rotatable bonds is 5. The number of aromatic nitrogens is 3. The van der Waals surface area contributed by atoms with E-state index in [0.29, 0.717) is 18.5 Å². The minimum atomic E-state index is -5.97. The van der Waals surface area contributed by atoms with Gasteiger partial charge in [-0.15, -0.1) is 0 Å². The molecule has 1 amide bonds. The van der Waals surface area contributed by atoms with Gasteiger partial charge in [0, 0.05) is 12.3 Å². The monoisotopic (exact) mass is 496 g/mol. The van der Waals surface area contributed by atoms with Gasteiger partial charge in [0.25, 0.3) is 5.91 Å². The Morgan fingerprint density at radius 2 is 1.88 bits per heavy atom. The lowest BCUT2D eigenvalue weighted by atomic mass is 10.1. The summed E-state index contributed by atoms with van der Waals surface area (Å²) in [5.74, 6) is -9.82. The molecule has 3 rings (SSSR count). The van der Waals surface area contributed by atoms with Gasteiger partial charge in [-0.2, -0.15) is 22.0 Å². The fourth-order valence-electron chi connectivity index (χ4n) is 2.97. The molecule has 0 aliphatic carbocycles. The van der Waals surface area contributed by atoms with Crippen LogP contribution in [0.3, 0.4) is 0 Å². The van der Waals surface area contributed by atoms with Crippen LogP contribution in [-0.4, -0.2) is 38.6 Å². The minimum Gasteiger partial charge on any atom is -0.343 e. The lowest BCUT2D eigenvalue weighted by Crippen LogP contribution is -2.55. The number of fused-ring (bicyclic) bond motifs is 1. The molecular formula is C19H12ClF7N4O2. The van der Waals surface area contributed by atoms with Crippen molar-refractivity contribution in [3.8, 4) is 5.82 Å². The van der Waals surface area contributed by atoms with E-state index in [0.717, 1.165) is 23.6 Å². The van der Waals surface area contributed by atoms with Gasteiger partial charge < -0.3 is 5.32 Å². The van der Waals surface area contributed by atoms with E-state index in [9.17, 15) is 40.3 Å². The van der Waals surface area contributed by atoms with Crippen molar-refractivity contribution in [1.82, 2.24) is 19.9 Å². The summed E-state index contributed by atoms with van der Waals surface area (Å²) in [7, 11) is 0. The second-order valence-corrected chi connectivity index (χ2v) is 7.15. The van der Waals surface area contributed by atoms with Gasteiger partial charge in [0.2, 0.25) is 5.43 Å². The lowest BCUT2D eigenvalue weighted by molar-refractivity contribution is -0.292. The van der Waals surface area contributed by atoms with E-state index in [1.54, 1.807) is 0 Å². The summed E-state index contributed by atoms with van der Waals surface area (Å²) in [6.45, 7) is 0.979. The molecule has 33 heavy (non-hydrogen) atoms. The molecule has 3 aromatic heterocycles. The Kier molecular flexibility index (Phi) is 6.37. The van der Waals surface area contributed by atoms with Crippen LogP contribution in [0, 0.1) is 11.6 Å². The number of amides is 1. The highest BCUT2D eigenvalue weighted by Gasteiger charge is 2.62. The standard InChI is InChI=1S/C19H12ClF7N4O2/c1-2-12(18(23,24)19(25,26)27)29-17(33)10-7-31(16-11(22)5-8(21)6-28-16)15-9(14(10)32)3-4-13(20)30-15/h3-7,12H,2H2,1H3,(H,29,33). The van der Waals surface area contributed by atoms with Crippen LogP contribution in [0.15, 0.2) is 35.4 Å². The van der Waals surface area contributed by atoms with Crippen LogP contribution in [-0.2, 0) is 0 Å². The molecule has 0 fully saturated rings. The largest absolute Gasteiger partial charge is 0.455 e. The van der Waals surface area contributed by atoms with E-state index in [1.807, 2.05) is 0 Å². The first-order chi connectivity index (χ1) is 15.3. The normalized spacial score (nSPS) is 13.2. The minimum absolute atomic E-state index is 0.161. The molecule has 0 radical (unpaired) electrons. The van der Waals surface area contributed by atoms with Crippen molar-refractivity contribution in [1.29, 1.82) is 0 Å². The molecule has 0 aliphatic heterocycles. The molecule has 1 N–H and O–H groups in total. The Labute approximate surface area is 185 Å². The van der Waals surface area contributed by atoms with Crippen LogP contribution in [0.5, 0.6) is 0 Å². The fourth-order valence-corrected chi connectivity index (χ4v) is 3.11. The maximum absolute atomic E-state index is 14.4. The molecular weight excluding hydrogens is 485 g/mol. The number of hydrogen-bond acceptors (Lipinski definition) is 4. The summed E-state index contributed by atoms with van der Waals surface area (Å²) < 4.78 is 94.1. The van der Waals surface area contributed by atoms with Gasteiger partial charge in [0.1, 0.15) is 22.6 Å². The second kappa shape index (κ2) is 8.61. The van der Waals surface area contributed by atoms with E-state index in [4.69, 9.17) is 11.6 Å². The van der Waals surface area contributed by atoms with Crippen LogP contribution in [0.1, 0.15) is 23.7 Å². The summed E-state index contributed by atoms with van der Waals surface area (Å²) >= 11 is 5.81. The van der Waals surface area contributed by atoms with Gasteiger partial charge in [-0.3, -0.25) is 14.2 Å². The molecule has 0 bridgehead atoms. The van der Waals surface area contributed by atoms with E-state index >= 15 is 0 Å². The highest BCUT2D eigenvalue weighted by atomic mass is 35.5. The molecule has 14 heteroatoms. The zero-order valence-corrected chi connectivity index (χ0v) is 17.1. The highest BCUT2D eigenvalue weighted by Crippen LogP contribution is 2.39. The third-order valence-corrected chi connectivity index (χ3v) is 4.82. The second-order valence-electron chi connectivity index (χ2n) is 6.76. The Morgan fingerprint density at radius 1 is 1.21 bits per heavy atom. The number of carbonyl (C=O) groups excluding carboxylic acids is 1. The number of pyridine rings is 3.